The molecular weight excluding hydrogens is 442 g/mol. The van der Waals surface area contributed by atoms with Gasteiger partial charge in [-0.3, -0.25) is 9.59 Å². The number of allylic oxidation sites excluding steroid dienone is 3. The Morgan fingerprint density at radius 1 is 1.13 bits per heavy atom. The van der Waals surface area contributed by atoms with Gasteiger partial charge in [-0.25, -0.2) is 4.98 Å². The Labute approximate surface area is 184 Å². The Bertz CT molecular complexity index is 1070. The van der Waals surface area contributed by atoms with Crippen LogP contribution in [0.2, 0.25) is 0 Å². The van der Waals surface area contributed by atoms with Crippen molar-refractivity contribution in [2.45, 2.75) is 39.5 Å². The summed E-state index contributed by atoms with van der Waals surface area (Å²) in [5.41, 5.74) is 4.93. The molecule has 1 aliphatic carbocycles. The van der Waals surface area contributed by atoms with Crippen LogP contribution in [0.4, 0.5) is 5.82 Å². The van der Waals surface area contributed by atoms with Gasteiger partial charge in [-0.1, -0.05) is 41.1 Å². The molecule has 2 aliphatic rings. The minimum Gasteiger partial charge on any atom is -0.362 e. The summed E-state index contributed by atoms with van der Waals surface area (Å²) in [7, 11) is 0. The molecule has 0 bridgehead atoms. The lowest BCUT2D eigenvalue weighted by Crippen LogP contribution is -2.37. The Morgan fingerprint density at radius 3 is 2.53 bits per heavy atom. The van der Waals surface area contributed by atoms with Gasteiger partial charge in [-0.05, 0) is 55.5 Å². The van der Waals surface area contributed by atoms with Crippen LogP contribution in [0, 0.1) is 12.8 Å². The third-order valence-electron chi connectivity index (χ3n) is 5.63. The average molecular weight is 466 g/mol. The van der Waals surface area contributed by atoms with Crippen molar-refractivity contribution in [1.29, 1.82) is 0 Å². The third kappa shape index (κ3) is 3.97. The van der Waals surface area contributed by atoms with Gasteiger partial charge in [0.2, 0.25) is 0 Å². The highest BCUT2D eigenvalue weighted by Crippen LogP contribution is 2.43. The summed E-state index contributed by atoms with van der Waals surface area (Å²) in [6.07, 6.45) is 3.02. The second-order valence-electron chi connectivity index (χ2n) is 8.15. The fourth-order valence-electron chi connectivity index (χ4n) is 4.25. The molecule has 1 aromatic heterocycles. The molecule has 0 fully saturated rings. The minimum atomic E-state index is -0.403. The highest BCUT2D eigenvalue weighted by Gasteiger charge is 2.39. The first-order valence-corrected chi connectivity index (χ1v) is 10.9. The minimum absolute atomic E-state index is 0.107. The van der Waals surface area contributed by atoms with Crippen molar-refractivity contribution in [3.05, 3.63) is 80.7 Å². The van der Waals surface area contributed by atoms with Crippen molar-refractivity contribution in [1.82, 2.24) is 10.3 Å². The molecule has 2 aromatic rings. The van der Waals surface area contributed by atoms with Crippen molar-refractivity contribution in [3.8, 4) is 0 Å². The van der Waals surface area contributed by atoms with Crippen molar-refractivity contribution >= 4 is 33.4 Å². The number of hydrogen-bond acceptors (Lipinski definition) is 4. The highest BCUT2D eigenvalue weighted by molar-refractivity contribution is 9.10. The van der Waals surface area contributed by atoms with Crippen LogP contribution in [-0.2, 0) is 9.59 Å². The number of rotatable bonds is 3. The predicted molar refractivity (Wildman–Crippen MR) is 121 cm³/mol. The van der Waals surface area contributed by atoms with E-state index in [0.29, 0.717) is 23.4 Å². The number of ketones is 1. The number of aryl methyl sites for hydroxylation is 1. The lowest BCUT2D eigenvalue weighted by Gasteiger charge is -2.36. The molecule has 1 aliphatic heterocycles. The Hall–Kier alpha value is -2.73. The fourth-order valence-corrected chi connectivity index (χ4v) is 4.51. The lowest BCUT2D eigenvalue weighted by atomic mass is 9.73. The quantitative estimate of drug-likeness (QED) is 0.668. The number of halogens is 1. The molecule has 5 nitrogen and oxygen atoms in total. The molecule has 0 saturated heterocycles. The summed E-state index contributed by atoms with van der Waals surface area (Å²) < 4.78 is 0.952. The Morgan fingerprint density at radius 2 is 1.87 bits per heavy atom. The zero-order valence-electron chi connectivity index (χ0n) is 17.3. The molecule has 1 aromatic carbocycles. The van der Waals surface area contributed by atoms with E-state index < -0.39 is 5.92 Å². The molecule has 4 rings (SSSR count). The van der Waals surface area contributed by atoms with Crippen LogP contribution in [0.25, 0.3) is 0 Å². The Balaban J connectivity index is 1.78. The van der Waals surface area contributed by atoms with Crippen molar-refractivity contribution < 1.29 is 9.59 Å². The summed E-state index contributed by atoms with van der Waals surface area (Å²) in [4.78, 5) is 30.7. The summed E-state index contributed by atoms with van der Waals surface area (Å²) >= 11 is 3.47. The normalized spacial score (nSPS) is 21.3. The molecule has 2 heterocycles. The van der Waals surface area contributed by atoms with Crippen molar-refractivity contribution in [2.24, 2.45) is 5.92 Å². The number of aromatic nitrogens is 1. The maximum atomic E-state index is 13.4. The maximum Gasteiger partial charge on any atom is 0.255 e. The molecule has 0 spiro atoms. The van der Waals surface area contributed by atoms with Crippen LogP contribution >= 0.6 is 15.9 Å². The zero-order valence-corrected chi connectivity index (χ0v) is 18.8. The van der Waals surface area contributed by atoms with E-state index >= 15 is 0 Å². The van der Waals surface area contributed by atoms with Gasteiger partial charge in [0.05, 0.1) is 0 Å². The van der Waals surface area contributed by atoms with Gasteiger partial charge in [0, 0.05) is 45.5 Å². The number of nitrogens with zero attached hydrogens (tertiary/aromatic N) is 1. The fraction of sp³-hybridized carbons (Fsp3) is 0.292. The smallest absolute Gasteiger partial charge is 0.255 e. The highest BCUT2D eigenvalue weighted by atomic mass is 79.9. The number of nitrogens with one attached hydrogen (secondary N) is 2. The second kappa shape index (κ2) is 8.19. The molecule has 6 heteroatoms. The van der Waals surface area contributed by atoms with E-state index in [2.05, 4.69) is 38.5 Å². The number of amides is 1. The van der Waals surface area contributed by atoms with Crippen LogP contribution in [0.5, 0.6) is 0 Å². The molecule has 2 atom stereocenters. The molecule has 0 radical (unpaired) electrons. The van der Waals surface area contributed by atoms with E-state index in [1.54, 1.807) is 12.3 Å². The van der Waals surface area contributed by atoms with Gasteiger partial charge in [-0.2, -0.15) is 0 Å². The number of carbonyl (C=O) groups is 2. The molecule has 0 saturated carbocycles. The summed E-state index contributed by atoms with van der Waals surface area (Å²) in [6.45, 7) is 5.93. The Kier molecular flexibility index (Phi) is 5.60. The zero-order chi connectivity index (χ0) is 21.4. The monoisotopic (exact) mass is 465 g/mol. The molecule has 154 valence electrons. The number of hydrogen-bond donors (Lipinski definition) is 2. The van der Waals surface area contributed by atoms with Gasteiger partial charge in [0.1, 0.15) is 5.82 Å². The van der Waals surface area contributed by atoms with Crippen LogP contribution < -0.4 is 10.6 Å². The predicted octanol–water partition coefficient (Wildman–Crippen LogP) is 5.01. The molecule has 2 unspecified atom stereocenters. The number of dihydropyridines is 1. The summed E-state index contributed by atoms with van der Waals surface area (Å²) in [5.74, 6) is 0.232. The molecule has 1 amide bonds. The average Bonchev–Trinajstić information content (AvgIpc) is 2.69. The first-order chi connectivity index (χ1) is 14.3. The SMILES string of the molecule is CC1=C(C(=O)Nc2ccc(C)cn2)C(c2ccc(Br)cc2)C2=C(CC(C)CC2=O)N1. The van der Waals surface area contributed by atoms with Gasteiger partial charge < -0.3 is 10.6 Å². The number of anilines is 1. The lowest BCUT2D eigenvalue weighted by molar-refractivity contribution is -0.117. The first-order valence-electron chi connectivity index (χ1n) is 10.1. The summed E-state index contributed by atoms with van der Waals surface area (Å²) in [5, 5.41) is 6.27. The van der Waals surface area contributed by atoms with Crippen LogP contribution in [0.3, 0.4) is 0 Å². The molecular formula is C24H24BrN3O2. The van der Waals surface area contributed by atoms with Gasteiger partial charge in [-0.15, -0.1) is 0 Å². The van der Waals surface area contributed by atoms with E-state index in [1.807, 2.05) is 44.2 Å². The summed E-state index contributed by atoms with van der Waals surface area (Å²) in [6, 6.07) is 11.5. The van der Waals surface area contributed by atoms with Crippen LogP contribution in [-0.4, -0.2) is 16.7 Å². The van der Waals surface area contributed by atoms with Crippen LogP contribution in [0.1, 0.15) is 43.7 Å². The molecule has 30 heavy (non-hydrogen) atoms. The van der Waals surface area contributed by atoms with Gasteiger partial charge >= 0.3 is 0 Å². The molecule has 2 N–H and O–H groups in total. The van der Waals surface area contributed by atoms with E-state index in [-0.39, 0.29) is 17.6 Å². The van der Waals surface area contributed by atoms with Crippen molar-refractivity contribution in [2.75, 3.05) is 5.32 Å². The number of benzene rings is 1. The standard InChI is InChI=1S/C24H24BrN3O2/c1-13-4-9-20(26-12-13)28-24(30)21-15(3)27-18-10-14(2)11-19(29)23(18)22(21)16-5-7-17(25)8-6-16/h4-9,12,14,22,27H,10-11H2,1-3H3,(H,26,28,30). The topological polar surface area (TPSA) is 71.1 Å². The first kappa shape index (κ1) is 20.5. The maximum absolute atomic E-state index is 13.4. The number of pyridine rings is 1. The van der Waals surface area contributed by atoms with E-state index in [0.717, 1.165) is 33.4 Å². The largest absolute Gasteiger partial charge is 0.362 e. The second-order valence-corrected chi connectivity index (χ2v) is 9.07. The third-order valence-corrected chi connectivity index (χ3v) is 6.16. The van der Waals surface area contributed by atoms with Gasteiger partial charge in [0.25, 0.3) is 5.91 Å². The van der Waals surface area contributed by atoms with E-state index in [4.69, 9.17) is 0 Å². The van der Waals surface area contributed by atoms with Crippen molar-refractivity contribution in [3.63, 3.8) is 0 Å². The van der Waals surface area contributed by atoms with E-state index in [9.17, 15) is 9.59 Å². The van der Waals surface area contributed by atoms with Gasteiger partial charge in [0.15, 0.2) is 5.78 Å². The number of carbonyl (C=O) groups excluding carboxylic acids is 2. The number of Topliss-reactive ketones (excluding diaryl/α,β-unsaturated/α-hetero) is 1. The van der Waals surface area contributed by atoms with E-state index in [1.165, 1.54) is 0 Å². The van der Waals surface area contributed by atoms with Crippen LogP contribution in [0.15, 0.2) is 69.6 Å².